The van der Waals surface area contributed by atoms with Crippen molar-refractivity contribution in [3.63, 3.8) is 0 Å². The molecule has 0 N–H and O–H groups in total. The Bertz CT molecular complexity index is 680. The van der Waals surface area contributed by atoms with Crippen molar-refractivity contribution in [2.75, 3.05) is 7.05 Å². The number of ketones is 1. The van der Waals surface area contributed by atoms with Crippen molar-refractivity contribution in [2.45, 2.75) is 38.1 Å². The first-order valence-electron chi connectivity index (χ1n) is 7.15. The second-order valence-corrected chi connectivity index (χ2v) is 5.50. The Hall–Kier alpha value is -2.24. The van der Waals surface area contributed by atoms with Crippen LogP contribution in [-0.2, 0) is 16.0 Å². The molecule has 3 rings (SSSR count). The minimum absolute atomic E-state index is 0.0499. The Morgan fingerprint density at radius 2 is 2.14 bits per heavy atom. The maximum atomic E-state index is 12.3. The maximum Gasteiger partial charge on any atom is 0.227 e. The minimum atomic E-state index is -0.260. The van der Waals surface area contributed by atoms with E-state index < -0.39 is 0 Å². The van der Waals surface area contributed by atoms with Gasteiger partial charge in [0.2, 0.25) is 5.91 Å². The first-order chi connectivity index (χ1) is 10.1. The maximum absolute atomic E-state index is 12.3. The molecule has 1 fully saturated rings. The number of Topliss-reactive ketones (excluding diaryl/α,β-unsaturated/α-hetero) is 1. The molecule has 1 aromatic heterocycles. The van der Waals surface area contributed by atoms with Gasteiger partial charge in [0, 0.05) is 13.5 Å². The molecule has 0 spiro atoms. The number of carbonyl (C=O) groups is 2. The normalized spacial score (nSPS) is 18.9. The van der Waals surface area contributed by atoms with E-state index >= 15 is 0 Å². The van der Waals surface area contributed by atoms with E-state index in [1.54, 1.807) is 24.1 Å². The highest BCUT2D eigenvalue weighted by Crippen LogP contribution is 2.20. The number of nitrogens with zero attached hydrogens (tertiary/aromatic N) is 3. The van der Waals surface area contributed by atoms with Crippen molar-refractivity contribution in [1.29, 1.82) is 0 Å². The molecule has 0 aliphatic heterocycles. The van der Waals surface area contributed by atoms with Crippen LogP contribution in [0.5, 0.6) is 0 Å². The van der Waals surface area contributed by atoms with Gasteiger partial charge in [0.1, 0.15) is 11.0 Å². The van der Waals surface area contributed by atoms with E-state index in [-0.39, 0.29) is 24.2 Å². The molecule has 1 aliphatic rings. The summed E-state index contributed by atoms with van der Waals surface area (Å²) in [6.07, 6.45) is 3.55. The molecule has 0 bridgehead atoms. The Balaban J connectivity index is 1.71. The highest BCUT2D eigenvalue weighted by Gasteiger charge is 2.28. The smallest absolute Gasteiger partial charge is 0.227 e. The number of rotatable bonds is 3. The van der Waals surface area contributed by atoms with E-state index in [0.29, 0.717) is 17.5 Å². The largest absolute Gasteiger partial charge is 0.335 e. The van der Waals surface area contributed by atoms with Crippen LogP contribution in [0.3, 0.4) is 0 Å². The number of benzene rings is 1. The van der Waals surface area contributed by atoms with Gasteiger partial charge in [-0.25, -0.2) is 4.63 Å². The molecule has 1 heterocycles. The molecule has 0 radical (unpaired) electrons. The van der Waals surface area contributed by atoms with Crippen LogP contribution in [0.25, 0.3) is 11.0 Å². The number of amides is 1. The van der Waals surface area contributed by atoms with Crippen LogP contribution in [-0.4, -0.2) is 40.0 Å². The molecular formula is C15H17N3O3. The van der Waals surface area contributed by atoms with Crippen LogP contribution < -0.4 is 0 Å². The molecule has 110 valence electrons. The molecular weight excluding hydrogens is 270 g/mol. The second kappa shape index (κ2) is 5.63. The van der Waals surface area contributed by atoms with E-state index in [9.17, 15) is 9.59 Å². The third-order valence-electron chi connectivity index (χ3n) is 4.06. The number of fused-ring (bicyclic) bond motifs is 1. The minimum Gasteiger partial charge on any atom is -0.335 e. The third kappa shape index (κ3) is 2.79. The fourth-order valence-corrected chi connectivity index (χ4v) is 2.78. The molecule has 1 saturated carbocycles. The van der Waals surface area contributed by atoms with Gasteiger partial charge in [0.05, 0.1) is 12.5 Å². The highest BCUT2D eigenvalue weighted by molar-refractivity contribution is 5.90. The number of hydrogen-bond acceptors (Lipinski definition) is 5. The van der Waals surface area contributed by atoms with Gasteiger partial charge < -0.3 is 4.90 Å². The van der Waals surface area contributed by atoms with Gasteiger partial charge in [0.15, 0.2) is 5.78 Å². The Kier molecular flexibility index (Phi) is 3.68. The van der Waals surface area contributed by atoms with Crippen molar-refractivity contribution < 1.29 is 14.2 Å². The predicted molar refractivity (Wildman–Crippen MR) is 75.5 cm³/mol. The quantitative estimate of drug-likeness (QED) is 0.859. The fourth-order valence-electron chi connectivity index (χ4n) is 2.78. The van der Waals surface area contributed by atoms with Gasteiger partial charge in [-0.3, -0.25) is 9.59 Å². The summed E-state index contributed by atoms with van der Waals surface area (Å²) in [4.78, 5) is 25.8. The van der Waals surface area contributed by atoms with E-state index in [0.717, 1.165) is 24.8 Å². The lowest BCUT2D eigenvalue weighted by Gasteiger charge is -2.30. The van der Waals surface area contributed by atoms with Gasteiger partial charge in [-0.05, 0) is 40.9 Å². The molecule has 1 unspecified atom stereocenters. The van der Waals surface area contributed by atoms with Crippen molar-refractivity contribution in [2.24, 2.45) is 0 Å². The van der Waals surface area contributed by atoms with Crippen LogP contribution in [0.15, 0.2) is 22.8 Å². The predicted octanol–water partition coefficient (Wildman–Crippen LogP) is 1.74. The molecule has 21 heavy (non-hydrogen) atoms. The summed E-state index contributed by atoms with van der Waals surface area (Å²) in [5.74, 6) is 0.124. The van der Waals surface area contributed by atoms with Gasteiger partial charge in [-0.15, -0.1) is 0 Å². The van der Waals surface area contributed by atoms with Crippen LogP contribution in [0.4, 0.5) is 0 Å². The first-order valence-corrected chi connectivity index (χ1v) is 7.15. The molecule has 1 atom stereocenters. The number of aromatic nitrogens is 2. The summed E-state index contributed by atoms with van der Waals surface area (Å²) in [5, 5.41) is 7.50. The van der Waals surface area contributed by atoms with Crippen LogP contribution >= 0.6 is 0 Å². The number of likely N-dealkylation sites (N-methyl/N-ethyl adjacent to an activating group) is 1. The molecule has 1 amide bonds. The summed E-state index contributed by atoms with van der Waals surface area (Å²) in [6, 6.07) is 5.14. The zero-order chi connectivity index (χ0) is 14.8. The van der Waals surface area contributed by atoms with Gasteiger partial charge in [0.25, 0.3) is 0 Å². The molecule has 6 heteroatoms. The van der Waals surface area contributed by atoms with E-state index in [4.69, 9.17) is 0 Å². The first kappa shape index (κ1) is 13.7. The summed E-state index contributed by atoms with van der Waals surface area (Å²) in [5.41, 5.74) is 2.15. The van der Waals surface area contributed by atoms with Crippen molar-refractivity contribution >= 4 is 22.7 Å². The lowest BCUT2D eigenvalue weighted by molar-refractivity contribution is -0.138. The van der Waals surface area contributed by atoms with Crippen molar-refractivity contribution in [3.8, 4) is 0 Å². The lowest BCUT2D eigenvalue weighted by Crippen LogP contribution is -2.44. The average Bonchev–Trinajstić information content (AvgIpc) is 2.94. The lowest BCUT2D eigenvalue weighted by atomic mass is 9.93. The summed E-state index contributed by atoms with van der Waals surface area (Å²) in [6.45, 7) is 0. The molecule has 0 saturated heterocycles. The zero-order valence-electron chi connectivity index (χ0n) is 11.9. The summed E-state index contributed by atoms with van der Waals surface area (Å²) < 4.78 is 4.64. The standard InChI is InChI=1S/C15H17N3O3/c1-18(13-4-2-3-5-14(13)19)15(20)9-10-6-7-11-12(8-10)17-21-16-11/h6-8,13H,2-5,9H2,1H3. The fraction of sp³-hybridized carbons (Fsp3) is 0.467. The Morgan fingerprint density at radius 1 is 1.33 bits per heavy atom. The average molecular weight is 287 g/mol. The number of hydrogen-bond donors (Lipinski definition) is 0. The second-order valence-electron chi connectivity index (χ2n) is 5.50. The number of carbonyl (C=O) groups excluding carboxylic acids is 2. The Morgan fingerprint density at radius 3 is 2.95 bits per heavy atom. The van der Waals surface area contributed by atoms with Gasteiger partial charge in [-0.2, -0.15) is 0 Å². The zero-order valence-corrected chi connectivity index (χ0v) is 11.9. The molecule has 6 nitrogen and oxygen atoms in total. The van der Waals surface area contributed by atoms with Crippen LogP contribution in [0.2, 0.25) is 0 Å². The monoisotopic (exact) mass is 287 g/mol. The van der Waals surface area contributed by atoms with E-state index in [1.165, 1.54) is 0 Å². The third-order valence-corrected chi connectivity index (χ3v) is 4.06. The van der Waals surface area contributed by atoms with E-state index in [1.807, 2.05) is 6.07 Å². The van der Waals surface area contributed by atoms with Crippen molar-refractivity contribution in [1.82, 2.24) is 15.2 Å². The van der Waals surface area contributed by atoms with Gasteiger partial charge >= 0.3 is 0 Å². The van der Waals surface area contributed by atoms with Crippen molar-refractivity contribution in [3.05, 3.63) is 23.8 Å². The highest BCUT2D eigenvalue weighted by atomic mass is 16.6. The SMILES string of the molecule is CN(C(=O)Cc1ccc2nonc2c1)C1CCCCC1=O. The van der Waals surface area contributed by atoms with Gasteiger partial charge in [-0.1, -0.05) is 12.5 Å². The summed E-state index contributed by atoms with van der Waals surface area (Å²) >= 11 is 0. The Labute approximate surface area is 122 Å². The van der Waals surface area contributed by atoms with Crippen LogP contribution in [0.1, 0.15) is 31.2 Å². The molecule has 2 aromatic rings. The topological polar surface area (TPSA) is 76.3 Å². The van der Waals surface area contributed by atoms with E-state index in [2.05, 4.69) is 14.9 Å². The van der Waals surface area contributed by atoms with Crippen LogP contribution in [0, 0.1) is 0 Å². The molecule has 1 aliphatic carbocycles. The molecule has 1 aromatic carbocycles. The summed E-state index contributed by atoms with van der Waals surface area (Å²) in [7, 11) is 1.71.